The largest absolute Gasteiger partial charge is 0.455 e. The molecule has 0 aliphatic heterocycles. The lowest BCUT2D eigenvalue weighted by atomic mass is 9.99. The van der Waals surface area contributed by atoms with E-state index in [0.717, 1.165) is 99.2 Å². The summed E-state index contributed by atoms with van der Waals surface area (Å²) in [6.07, 6.45) is 0. The molecule has 0 spiro atoms. The van der Waals surface area contributed by atoms with Gasteiger partial charge in [-0.05, 0) is 51.7 Å². The van der Waals surface area contributed by atoms with Gasteiger partial charge in [0.25, 0.3) is 0 Å². The Bertz CT molecular complexity index is 3160. The fourth-order valence-electron chi connectivity index (χ4n) is 8.20. The van der Waals surface area contributed by atoms with Crippen LogP contribution in [0.2, 0.25) is 0 Å². The molecule has 0 radical (unpaired) electrons. The van der Waals surface area contributed by atoms with E-state index in [1.807, 2.05) is 6.07 Å². The zero-order valence-corrected chi connectivity index (χ0v) is 28.7. The van der Waals surface area contributed by atoms with Gasteiger partial charge in [0, 0.05) is 49.6 Å². The molecule has 0 saturated carbocycles. The first-order valence-corrected chi connectivity index (χ1v) is 18.0. The van der Waals surface area contributed by atoms with E-state index in [1.54, 1.807) is 0 Å². The van der Waals surface area contributed by atoms with Crippen molar-refractivity contribution in [2.24, 2.45) is 0 Å². The zero-order valence-electron chi connectivity index (χ0n) is 28.7. The summed E-state index contributed by atoms with van der Waals surface area (Å²) in [6, 6.07) is 66.5. The molecule has 0 saturated heterocycles. The molecule has 11 aromatic rings. The van der Waals surface area contributed by atoms with Gasteiger partial charge in [-0.25, -0.2) is 0 Å². The van der Waals surface area contributed by atoms with Gasteiger partial charge in [-0.1, -0.05) is 158 Å². The molecule has 0 fully saturated rings. The molecule has 248 valence electrons. The Morgan fingerprint density at radius 3 is 1.75 bits per heavy atom. The Kier molecular flexibility index (Phi) is 6.55. The second-order valence-electron chi connectivity index (χ2n) is 13.6. The minimum absolute atomic E-state index is 0.831. The van der Waals surface area contributed by atoms with E-state index in [4.69, 9.17) is 8.83 Å². The van der Waals surface area contributed by atoms with Crippen molar-refractivity contribution in [1.82, 2.24) is 0 Å². The molecule has 0 aliphatic carbocycles. The van der Waals surface area contributed by atoms with Crippen LogP contribution < -0.4 is 4.90 Å². The first kappa shape index (κ1) is 29.6. The maximum atomic E-state index is 7.02. The Morgan fingerprint density at radius 2 is 0.962 bits per heavy atom. The minimum Gasteiger partial charge on any atom is -0.455 e. The van der Waals surface area contributed by atoms with Gasteiger partial charge in [0.2, 0.25) is 0 Å². The summed E-state index contributed by atoms with van der Waals surface area (Å²) < 4.78 is 13.9. The van der Waals surface area contributed by atoms with Crippen LogP contribution in [-0.2, 0) is 0 Å². The van der Waals surface area contributed by atoms with E-state index in [0.29, 0.717) is 0 Å². The fraction of sp³-hybridized carbons (Fsp3) is 0. The maximum Gasteiger partial charge on any atom is 0.159 e. The lowest BCUT2D eigenvalue weighted by Crippen LogP contribution is -2.11. The Balaban J connectivity index is 1.21. The molecular formula is C50H31NO2. The van der Waals surface area contributed by atoms with E-state index in [-0.39, 0.29) is 0 Å². The predicted octanol–water partition coefficient (Wildman–Crippen LogP) is 14.6. The molecule has 0 amide bonds. The molecule has 0 unspecified atom stereocenters. The quantitative estimate of drug-likeness (QED) is 0.182. The highest BCUT2D eigenvalue weighted by molar-refractivity contribution is 6.26. The van der Waals surface area contributed by atoms with Crippen LogP contribution in [-0.4, -0.2) is 0 Å². The summed E-state index contributed by atoms with van der Waals surface area (Å²) >= 11 is 0. The molecule has 0 aliphatic rings. The van der Waals surface area contributed by atoms with Gasteiger partial charge >= 0.3 is 0 Å². The highest BCUT2D eigenvalue weighted by Crippen LogP contribution is 2.48. The molecule has 3 heteroatoms. The van der Waals surface area contributed by atoms with Gasteiger partial charge in [-0.2, -0.15) is 0 Å². The number of nitrogens with zero attached hydrogens (tertiary/aromatic N) is 1. The first-order valence-electron chi connectivity index (χ1n) is 18.0. The van der Waals surface area contributed by atoms with Crippen LogP contribution in [0.4, 0.5) is 17.1 Å². The third-order valence-corrected chi connectivity index (χ3v) is 10.7. The van der Waals surface area contributed by atoms with Gasteiger partial charge in [-0.3, -0.25) is 0 Å². The number of hydrogen-bond donors (Lipinski definition) is 0. The number of fused-ring (bicyclic) bond motifs is 10. The average molecular weight is 678 g/mol. The highest BCUT2D eigenvalue weighted by Gasteiger charge is 2.24. The minimum atomic E-state index is 0.831. The van der Waals surface area contributed by atoms with Gasteiger partial charge in [-0.15, -0.1) is 0 Å². The van der Waals surface area contributed by atoms with Gasteiger partial charge in [0.15, 0.2) is 5.58 Å². The topological polar surface area (TPSA) is 29.5 Å². The molecular weight excluding hydrogens is 647 g/mol. The number of hydrogen-bond acceptors (Lipinski definition) is 3. The normalized spacial score (nSPS) is 11.8. The lowest BCUT2D eigenvalue weighted by molar-refractivity contribution is 0.669. The highest BCUT2D eigenvalue weighted by atomic mass is 16.3. The molecule has 0 bridgehead atoms. The number of anilines is 3. The average Bonchev–Trinajstić information content (AvgIpc) is 3.81. The van der Waals surface area contributed by atoms with Crippen LogP contribution in [0.15, 0.2) is 197 Å². The van der Waals surface area contributed by atoms with Crippen molar-refractivity contribution in [3.63, 3.8) is 0 Å². The van der Waals surface area contributed by atoms with E-state index in [1.165, 1.54) is 5.56 Å². The summed E-state index contributed by atoms with van der Waals surface area (Å²) in [7, 11) is 0. The summed E-state index contributed by atoms with van der Waals surface area (Å²) in [5.74, 6) is 0. The molecule has 0 N–H and O–H groups in total. The molecule has 2 aromatic heterocycles. The number of furan rings is 2. The monoisotopic (exact) mass is 677 g/mol. The zero-order chi connectivity index (χ0) is 34.9. The third-order valence-electron chi connectivity index (χ3n) is 10.7. The third kappa shape index (κ3) is 4.61. The SMILES string of the molecule is c1ccc(-c2ccc(N(c3cc4oc5c6ccccc6ccc5c4c4ccccc34)c3cccc4c3oc3c(-c5ccccc5)cccc34)cc2)cc1. The summed E-state index contributed by atoms with van der Waals surface area (Å²) in [6.45, 7) is 0. The van der Waals surface area contributed by atoms with Crippen LogP contribution in [0.5, 0.6) is 0 Å². The molecule has 3 nitrogen and oxygen atoms in total. The number of para-hydroxylation sites is 2. The smallest absolute Gasteiger partial charge is 0.159 e. The Labute approximate surface area is 305 Å². The van der Waals surface area contributed by atoms with E-state index >= 15 is 0 Å². The van der Waals surface area contributed by atoms with Crippen molar-refractivity contribution in [2.75, 3.05) is 4.90 Å². The van der Waals surface area contributed by atoms with E-state index in [9.17, 15) is 0 Å². The van der Waals surface area contributed by atoms with E-state index in [2.05, 4.69) is 187 Å². The first-order chi connectivity index (χ1) is 26.3. The molecule has 11 rings (SSSR count). The fourth-order valence-corrected chi connectivity index (χ4v) is 8.20. The van der Waals surface area contributed by atoms with Gasteiger partial charge in [0.1, 0.15) is 16.7 Å². The van der Waals surface area contributed by atoms with Crippen molar-refractivity contribution >= 4 is 82.5 Å². The summed E-state index contributed by atoms with van der Waals surface area (Å²) in [4.78, 5) is 2.34. The predicted molar refractivity (Wildman–Crippen MR) is 222 cm³/mol. The number of rotatable bonds is 5. The van der Waals surface area contributed by atoms with Crippen LogP contribution in [0.25, 0.3) is 87.7 Å². The lowest BCUT2D eigenvalue weighted by Gasteiger charge is -2.27. The van der Waals surface area contributed by atoms with Crippen molar-refractivity contribution in [1.29, 1.82) is 0 Å². The van der Waals surface area contributed by atoms with Crippen molar-refractivity contribution in [2.45, 2.75) is 0 Å². The van der Waals surface area contributed by atoms with Crippen molar-refractivity contribution in [3.05, 3.63) is 188 Å². The van der Waals surface area contributed by atoms with Gasteiger partial charge < -0.3 is 13.7 Å². The van der Waals surface area contributed by atoms with Crippen molar-refractivity contribution < 1.29 is 8.83 Å². The second-order valence-corrected chi connectivity index (χ2v) is 13.6. The van der Waals surface area contributed by atoms with Crippen LogP contribution in [0.1, 0.15) is 0 Å². The summed E-state index contributed by atoms with van der Waals surface area (Å²) in [5.41, 5.74) is 11.0. The Hall–Kier alpha value is -7.10. The van der Waals surface area contributed by atoms with Crippen LogP contribution in [0, 0.1) is 0 Å². The van der Waals surface area contributed by atoms with Crippen LogP contribution >= 0.6 is 0 Å². The van der Waals surface area contributed by atoms with Crippen molar-refractivity contribution in [3.8, 4) is 22.3 Å². The second kappa shape index (κ2) is 11.7. The summed E-state index contributed by atoms with van der Waals surface area (Å²) in [5, 5.41) is 8.95. The number of benzene rings is 9. The molecule has 9 aromatic carbocycles. The molecule has 53 heavy (non-hydrogen) atoms. The van der Waals surface area contributed by atoms with E-state index < -0.39 is 0 Å². The maximum absolute atomic E-state index is 7.02. The molecule has 2 heterocycles. The Morgan fingerprint density at radius 1 is 0.340 bits per heavy atom. The van der Waals surface area contributed by atoms with Gasteiger partial charge in [0.05, 0.1) is 11.4 Å². The van der Waals surface area contributed by atoms with Crippen LogP contribution in [0.3, 0.4) is 0 Å². The standard InChI is InChI=1S/C50H31NO2/c1-3-13-32(14-4-1)33-25-28-36(29-26-33)51(44-24-12-23-42-41-22-11-21-38(48(41)53-50(42)44)34-15-5-2-6-16-34)45-31-46-47(40-20-10-9-19-39(40)45)43-30-27-35-17-7-8-18-37(35)49(43)52-46/h1-31H. The molecule has 0 atom stereocenters.